The lowest BCUT2D eigenvalue weighted by atomic mass is 10.3. The second-order valence-electron chi connectivity index (χ2n) is 4.52. The van der Waals surface area contributed by atoms with E-state index >= 15 is 0 Å². The molecular formula is C17H11BrN2O3. The van der Waals surface area contributed by atoms with Gasteiger partial charge in [-0.2, -0.15) is 0 Å². The summed E-state index contributed by atoms with van der Waals surface area (Å²) in [7, 11) is 0. The van der Waals surface area contributed by atoms with Gasteiger partial charge >= 0.3 is 5.97 Å². The van der Waals surface area contributed by atoms with E-state index in [-0.39, 0.29) is 0 Å². The first-order valence-corrected chi connectivity index (χ1v) is 7.52. The molecule has 0 radical (unpaired) electrons. The fraction of sp³-hybridized carbons (Fsp3) is 0. The predicted molar refractivity (Wildman–Crippen MR) is 87.6 cm³/mol. The smallest absolute Gasteiger partial charge is 0.345 e. The van der Waals surface area contributed by atoms with E-state index in [1.807, 2.05) is 12.1 Å². The van der Waals surface area contributed by atoms with Crippen LogP contribution in [0, 0.1) is 0 Å². The molecule has 0 aliphatic carbocycles. The van der Waals surface area contributed by atoms with Crippen molar-refractivity contribution in [1.82, 2.24) is 9.97 Å². The van der Waals surface area contributed by atoms with Gasteiger partial charge in [0.2, 0.25) is 5.88 Å². The van der Waals surface area contributed by atoms with Crippen molar-refractivity contribution in [2.45, 2.75) is 0 Å². The molecule has 23 heavy (non-hydrogen) atoms. The number of carbonyl (C=O) groups is 1. The van der Waals surface area contributed by atoms with E-state index in [4.69, 9.17) is 9.47 Å². The Balaban J connectivity index is 1.67. The first-order chi connectivity index (χ1) is 11.2. The highest BCUT2D eigenvalue weighted by atomic mass is 79.9. The van der Waals surface area contributed by atoms with Crippen LogP contribution >= 0.6 is 15.9 Å². The van der Waals surface area contributed by atoms with Gasteiger partial charge in [-0.1, -0.05) is 6.07 Å². The third kappa shape index (κ3) is 4.14. The second kappa shape index (κ2) is 7.02. The van der Waals surface area contributed by atoms with Gasteiger partial charge in [0, 0.05) is 29.1 Å². The summed E-state index contributed by atoms with van der Waals surface area (Å²) < 4.78 is 11.6. The number of aromatic nitrogens is 2. The van der Waals surface area contributed by atoms with Gasteiger partial charge in [-0.25, -0.2) is 9.78 Å². The van der Waals surface area contributed by atoms with Crippen molar-refractivity contribution in [3.05, 3.63) is 77.2 Å². The second-order valence-corrected chi connectivity index (χ2v) is 5.44. The first kappa shape index (κ1) is 15.2. The van der Waals surface area contributed by atoms with Crippen molar-refractivity contribution in [1.29, 1.82) is 0 Å². The number of hydrogen-bond acceptors (Lipinski definition) is 5. The molecule has 0 amide bonds. The third-order valence-corrected chi connectivity index (χ3v) is 3.27. The van der Waals surface area contributed by atoms with Crippen LogP contribution in [0.1, 0.15) is 10.4 Å². The van der Waals surface area contributed by atoms with Gasteiger partial charge in [0.15, 0.2) is 0 Å². The summed E-state index contributed by atoms with van der Waals surface area (Å²) in [5.74, 6) is 1.05. The minimum atomic E-state index is -0.475. The van der Waals surface area contributed by atoms with Crippen LogP contribution in [-0.2, 0) is 0 Å². The average molecular weight is 371 g/mol. The molecule has 114 valence electrons. The molecule has 0 saturated carbocycles. The molecule has 6 heteroatoms. The Morgan fingerprint density at radius 1 is 1.00 bits per heavy atom. The molecule has 0 atom stereocenters. The number of halogens is 1. The number of pyridine rings is 2. The van der Waals surface area contributed by atoms with Crippen LogP contribution in [-0.4, -0.2) is 15.9 Å². The molecule has 0 N–H and O–H groups in total. The Morgan fingerprint density at radius 2 is 1.78 bits per heavy atom. The molecule has 0 spiro atoms. The van der Waals surface area contributed by atoms with Crippen LogP contribution < -0.4 is 9.47 Å². The van der Waals surface area contributed by atoms with Crippen molar-refractivity contribution in [3.8, 4) is 17.4 Å². The number of ether oxygens (including phenoxy) is 2. The Hall–Kier alpha value is -2.73. The van der Waals surface area contributed by atoms with Crippen molar-refractivity contribution in [2.24, 2.45) is 0 Å². The van der Waals surface area contributed by atoms with Crippen LogP contribution in [0.4, 0.5) is 0 Å². The fourth-order valence-corrected chi connectivity index (χ4v) is 2.16. The molecule has 5 nitrogen and oxygen atoms in total. The van der Waals surface area contributed by atoms with Crippen LogP contribution in [0.2, 0.25) is 0 Å². The Labute approximate surface area is 141 Å². The number of benzene rings is 1. The fourth-order valence-electron chi connectivity index (χ4n) is 1.79. The quantitative estimate of drug-likeness (QED) is 0.507. The van der Waals surface area contributed by atoms with Crippen molar-refractivity contribution in [2.75, 3.05) is 0 Å². The lowest BCUT2D eigenvalue weighted by Gasteiger charge is -2.07. The highest BCUT2D eigenvalue weighted by molar-refractivity contribution is 9.10. The van der Waals surface area contributed by atoms with Crippen molar-refractivity contribution < 1.29 is 14.3 Å². The van der Waals surface area contributed by atoms with Gasteiger partial charge in [-0.3, -0.25) is 4.98 Å². The van der Waals surface area contributed by atoms with Crippen molar-refractivity contribution in [3.63, 3.8) is 0 Å². The molecule has 0 fully saturated rings. The lowest BCUT2D eigenvalue weighted by Crippen LogP contribution is -2.08. The molecule has 3 aromatic rings. The van der Waals surface area contributed by atoms with E-state index in [1.54, 1.807) is 48.8 Å². The normalized spacial score (nSPS) is 10.1. The standard InChI is InChI=1S/C17H11BrN2O3/c18-13-9-12(10-19-11-13)17(21)23-15-6-4-14(5-7-15)22-16-3-1-2-8-20-16/h1-11H. The molecule has 1 aromatic carbocycles. The van der Waals surface area contributed by atoms with Gasteiger partial charge in [-0.05, 0) is 52.3 Å². The minimum absolute atomic E-state index is 0.369. The number of hydrogen-bond donors (Lipinski definition) is 0. The van der Waals surface area contributed by atoms with Gasteiger partial charge in [0.05, 0.1) is 5.56 Å². The maximum absolute atomic E-state index is 12.0. The zero-order chi connectivity index (χ0) is 16.1. The highest BCUT2D eigenvalue weighted by Crippen LogP contribution is 2.23. The Bertz CT molecular complexity index is 808. The van der Waals surface area contributed by atoms with Gasteiger partial charge in [0.25, 0.3) is 0 Å². The van der Waals surface area contributed by atoms with E-state index in [1.165, 1.54) is 6.20 Å². The first-order valence-electron chi connectivity index (χ1n) is 6.72. The van der Waals surface area contributed by atoms with Crippen LogP contribution in [0.25, 0.3) is 0 Å². The predicted octanol–water partition coefficient (Wildman–Crippen LogP) is 4.25. The lowest BCUT2D eigenvalue weighted by molar-refractivity contribution is 0.0734. The number of esters is 1. The zero-order valence-corrected chi connectivity index (χ0v) is 13.4. The summed E-state index contributed by atoms with van der Waals surface area (Å²) >= 11 is 3.26. The van der Waals surface area contributed by atoms with Gasteiger partial charge in [-0.15, -0.1) is 0 Å². The monoisotopic (exact) mass is 370 g/mol. The maximum Gasteiger partial charge on any atom is 0.345 e. The molecule has 0 unspecified atom stereocenters. The van der Waals surface area contributed by atoms with Gasteiger partial charge < -0.3 is 9.47 Å². The summed E-state index contributed by atoms with van der Waals surface area (Å²) in [4.78, 5) is 20.0. The van der Waals surface area contributed by atoms with Crippen LogP contribution in [0.5, 0.6) is 17.4 Å². The number of rotatable bonds is 4. The van der Waals surface area contributed by atoms with E-state index < -0.39 is 5.97 Å². The van der Waals surface area contributed by atoms with E-state index in [0.29, 0.717) is 27.4 Å². The molecule has 2 heterocycles. The van der Waals surface area contributed by atoms with E-state index in [0.717, 1.165) is 0 Å². The topological polar surface area (TPSA) is 61.3 Å². The highest BCUT2D eigenvalue weighted by Gasteiger charge is 2.09. The molecule has 0 aliphatic heterocycles. The average Bonchev–Trinajstić information content (AvgIpc) is 2.57. The molecule has 0 saturated heterocycles. The SMILES string of the molecule is O=C(Oc1ccc(Oc2ccccn2)cc1)c1cncc(Br)c1. The van der Waals surface area contributed by atoms with E-state index in [2.05, 4.69) is 25.9 Å². The van der Waals surface area contributed by atoms with Gasteiger partial charge in [0.1, 0.15) is 11.5 Å². The van der Waals surface area contributed by atoms with E-state index in [9.17, 15) is 4.79 Å². The largest absolute Gasteiger partial charge is 0.439 e. The molecule has 0 aliphatic rings. The Morgan fingerprint density at radius 3 is 2.48 bits per heavy atom. The number of nitrogens with zero attached hydrogens (tertiary/aromatic N) is 2. The number of carbonyl (C=O) groups excluding carboxylic acids is 1. The summed E-state index contributed by atoms with van der Waals surface area (Å²) in [5.41, 5.74) is 0.369. The summed E-state index contributed by atoms with van der Waals surface area (Å²) in [6.45, 7) is 0. The summed E-state index contributed by atoms with van der Waals surface area (Å²) in [6, 6.07) is 13.8. The van der Waals surface area contributed by atoms with Crippen molar-refractivity contribution >= 4 is 21.9 Å². The zero-order valence-electron chi connectivity index (χ0n) is 11.8. The molecule has 0 bridgehead atoms. The minimum Gasteiger partial charge on any atom is -0.439 e. The molecular weight excluding hydrogens is 360 g/mol. The Kier molecular flexibility index (Phi) is 4.63. The molecule has 3 rings (SSSR count). The summed E-state index contributed by atoms with van der Waals surface area (Å²) in [6.07, 6.45) is 4.70. The maximum atomic E-state index is 12.0. The summed E-state index contributed by atoms with van der Waals surface area (Å²) in [5, 5.41) is 0. The van der Waals surface area contributed by atoms with Crippen LogP contribution in [0.15, 0.2) is 71.6 Å². The third-order valence-electron chi connectivity index (χ3n) is 2.84. The molecule has 2 aromatic heterocycles. The van der Waals surface area contributed by atoms with Crippen LogP contribution in [0.3, 0.4) is 0 Å².